The van der Waals surface area contributed by atoms with Gasteiger partial charge in [-0.15, -0.1) is 0 Å². The van der Waals surface area contributed by atoms with E-state index in [1.807, 2.05) is 6.92 Å². The molecule has 2 atom stereocenters. The summed E-state index contributed by atoms with van der Waals surface area (Å²) < 4.78 is 20.1. The number of esters is 1. The van der Waals surface area contributed by atoms with Crippen LogP contribution in [-0.2, 0) is 16.1 Å². The largest absolute Gasteiger partial charge is 0.468 e. The highest BCUT2D eigenvalue weighted by molar-refractivity contribution is 5.87. The number of halogens is 1. The van der Waals surface area contributed by atoms with E-state index in [9.17, 15) is 14.3 Å². The number of anilines is 1. The molecule has 0 fully saturated rings. The number of methoxy groups -OCH3 is 1. The molecule has 142 valence electrons. The van der Waals surface area contributed by atoms with E-state index in [-0.39, 0.29) is 12.1 Å². The number of benzene rings is 1. The Bertz CT molecular complexity index is 946. The number of nitrogens with zero attached hydrogens (tertiary/aromatic N) is 4. The molecular formula is C18H20FN5O3. The quantitative estimate of drug-likeness (QED) is 0.611. The minimum absolute atomic E-state index is 0.0779. The van der Waals surface area contributed by atoms with Crippen molar-refractivity contribution >= 4 is 22.8 Å². The first kappa shape index (κ1) is 18.7. The predicted octanol–water partition coefficient (Wildman–Crippen LogP) is 2.06. The number of nitrogens with one attached hydrogen (secondary N) is 1. The molecule has 27 heavy (non-hydrogen) atoms. The van der Waals surface area contributed by atoms with Crippen LogP contribution in [0.1, 0.15) is 25.0 Å². The van der Waals surface area contributed by atoms with Gasteiger partial charge in [-0.25, -0.2) is 19.0 Å². The molecule has 3 aromatic rings. The van der Waals surface area contributed by atoms with Gasteiger partial charge in [-0.1, -0.05) is 25.1 Å². The first-order valence-electron chi connectivity index (χ1n) is 8.47. The molecule has 0 bridgehead atoms. The van der Waals surface area contributed by atoms with Crippen molar-refractivity contribution in [2.24, 2.45) is 0 Å². The Morgan fingerprint density at radius 2 is 2.15 bits per heavy atom. The lowest BCUT2D eigenvalue weighted by Crippen LogP contribution is -2.28. The van der Waals surface area contributed by atoms with Crippen molar-refractivity contribution < 1.29 is 19.0 Å². The Morgan fingerprint density at radius 3 is 2.85 bits per heavy atom. The summed E-state index contributed by atoms with van der Waals surface area (Å²) >= 11 is 0. The second kappa shape index (κ2) is 8.09. The number of aliphatic hydroxyl groups excluding tert-OH is 1. The SMILES string of the molecule is CC[C@@H](Nc1ncnc2c1cnn2CC(=O)OC)[C@@H](O)c1ccccc1F. The third-order valence-electron chi connectivity index (χ3n) is 4.31. The van der Waals surface area contributed by atoms with Gasteiger partial charge in [0.25, 0.3) is 0 Å². The maximum absolute atomic E-state index is 14.0. The zero-order chi connectivity index (χ0) is 19.4. The van der Waals surface area contributed by atoms with E-state index < -0.39 is 23.9 Å². The van der Waals surface area contributed by atoms with Crippen molar-refractivity contribution in [1.82, 2.24) is 19.7 Å². The summed E-state index contributed by atoms with van der Waals surface area (Å²) in [6.07, 6.45) is 2.33. The van der Waals surface area contributed by atoms with Gasteiger partial charge in [0, 0.05) is 5.56 Å². The molecule has 3 rings (SSSR count). The van der Waals surface area contributed by atoms with Crippen molar-refractivity contribution in [3.63, 3.8) is 0 Å². The zero-order valence-electron chi connectivity index (χ0n) is 15.0. The molecule has 0 aliphatic heterocycles. The van der Waals surface area contributed by atoms with Crippen LogP contribution in [0.5, 0.6) is 0 Å². The van der Waals surface area contributed by atoms with Crippen LogP contribution in [0.4, 0.5) is 10.2 Å². The molecule has 2 N–H and O–H groups in total. The first-order valence-corrected chi connectivity index (χ1v) is 8.47. The van der Waals surface area contributed by atoms with Crippen LogP contribution in [0.15, 0.2) is 36.8 Å². The van der Waals surface area contributed by atoms with Crippen molar-refractivity contribution in [3.05, 3.63) is 48.2 Å². The van der Waals surface area contributed by atoms with Crippen LogP contribution < -0.4 is 5.32 Å². The normalized spacial score (nSPS) is 13.3. The highest BCUT2D eigenvalue weighted by Crippen LogP contribution is 2.26. The Labute approximate surface area is 155 Å². The van der Waals surface area contributed by atoms with Gasteiger partial charge >= 0.3 is 5.97 Å². The fraction of sp³-hybridized carbons (Fsp3) is 0.333. The molecule has 0 spiro atoms. The average Bonchev–Trinajstić information content (AvgIpc) is 3.09. The third kappa shape index (κ3) is 3.87. The fourth-order valence-corrected chi connectivity index (χ4v) is 2.82. The van der Waals surface area contributed by atoms with Gasteiger partial charge in [-0.3, -0.25) is 4.79 Å². The summed E-state index contributed by atoms with van der Waals surface area (Å²) in [5, 5.41) is 18.5. The summed E-state index contributed by atoms with van der Waals surface area (Å²) in [7, 11) is 1.30. The maximum atomic E-state index is 14.0. The summed E-state index contributed by atoms with van der Waals surface area (Å²) in [5.74, 6) is -0.475. The molecule has 1 aromatic carbocycles. The van der Waals surface area contributed by atoms with Gasteiger partial charge < -0.3 is 15.2 Å². The van der Waals surface area contributed by atoms with Crippen LogP contribution in [0.2, 0.25) is 0 Å². The topological polar surface area (TPSA) is 102 Å². The lowest BCUT2D eigenvalue weighted by molar-refractivity contribution is -0.141. The van der Waals surface area contributed by atoms with Crippen LogP contribution in [0.25, 0.3) is 11.0 Å². The standard InChI is InChI=1S/C18H20FN5O3/c1-3-14(16(26)11-6-4-5-7-13(11)19)23-17-12-8-22-24(9-15(25)27-2)18(12)21-10-20-17/h4-8,10,14,16,26H,3,9H2,1-2H3,(H,20,21,23)/t14-,16+/m1/s1. The number of aromatic nitrogens is 4. The van der Waals surface area contributed by atoms with Gasteiger partial charge in [0.05, 0.1) is 24.7 Å². The lowest BCUT2D eigenvalue weighted by Gasteiger charge is -2.24. The monoisotopic (exact) mass is 373 g/mol. The Hall–Kier alpha value is -3.07. The minimum Gasteiger partial charge on any atom is -0.468 e. The Morgan fingerprint density at radius 1 is 1.37 bits per heavy atom. The molecule has 8 nitrogen and oxygen atoms in total. The van der Waals surface area contributed by atoms with Gasteiger partial charge in [-0.2, -0.15) is 5.10 Å². The Balaban J connectivity index is 1.88. The van der Waals surface area contributed by atoms with Crippen LogP contribution in [-0.4, -0.2) is 44.0 Å². The van der Waals surface area contributed by atoms with Crippen molar-refractivity contribution in [2.45, 2.75) is 32.0 Å². The highest BCUT2D eigenvalue weighted by atomic mass is 19.1. The number of rotatable bonds is 7. The Kier molecular flexibility index (Phi) is 5.60. The maximum Gasteiger partial charge on any atom is 0.327 e. The third-order valence-corrected chi connectivity index (χ3v) is 4.31. The molecular weight excluding hydrogens is 353 g/mol. The number of ether oxygens (including phenoxy) is 1. The molecule has 2 heterocycles. The molecule has 9 heteroatoms. The first-order chi connectivity index (χ1) is 13.0. The smallest absolute Gasteiger partial charge is 0.327 e. The average molecular weight is 373 g/mol. The van der Waals surface area contributed by atoms with Crippen molar-refractivity contribution in [2.75, 3.05) is 12.4 Å². The van der Waals surface area contributed by atoms with Gasteiger partial charge in [0.2, 0.25) is 0 Å². The van der Waals surface area contributed by atoms with E-state index in [4.69, 9.17) is 0 Å². The van der Waals surface area contributed by atoms with Crippen LogP contribution in [0.3, 0.4) is 0 Å². The van der Waals surface area contributed by atoms with Gasteiger partial charge in [0.15, 0.2) is 5.65 Å². The molecule has 0 saturated carbocycles. The molecule has 0 aliphatic rings. The van der Waals surface area contributed by atoms with Crippen molar-refractivity contribution in [3.8, 4) is 0 Å². The molecule has 0 amide bonds. The molecule has 2 aromatic heterocycles. The van der Waals surface area contributed by atoms with E-state index in [0.29, 0.717) is 23.3 Å². The minimum atomic E-state index is -1.06. The molecule has 0 saturated heterocycles. The summed E-state index contributed by atoms with van der Waals surface area (Å²) in [5.41, 5.74) is 0.664. The van der Waals surface area contributed by atoms with E-state index >= 15 is 0 Å². The van der Waals surface area contributed by atoms with Crippen molar-refractivity contribution in [1.29, 1.82) is 0 Å². The van der Waals surface area contributed by atoms with E-state index in [1.165, 1.54) is 30.4 Å². The summed E-state index contributed by atoms with van der Waals surface area (Å²) in [6, 6.07) is 5.63. The van der Waals surface area contributed by atoms with E-state index in [2.05, 4.69) is 25.1 Å². The molecule has 0 unspecified atom stereocenters. The number of carbonyl (C=O) groups is 1. The molecule has 0 radical (unpaired) electrons. The highest BCUT2D eigenvalue weighted by Gasteiger charge is 2.23. The fourth-order valence-electron chi connectivity index (χ4n) is 2.82. The van der Waals surface area contributed by atoms with Gasteiger partial charge in [-0.05, 0) is 12.5 Å². The second-order valence-electron chi connectivity index (χ2n) is 5.96. The van der Waals surface area contributed by atoms with E-state index in [0.717, 1.165) is 0 Å². The summed E-state index contributed by atoms with van der Waals surface area (Å²) in [6.45, 7) is 1.80. The zero-order valence-corrected chi connectivity index (χ0v) is 15.0. The number of hydrogen-bond acceptors (Lipinski definition) is 7. The predicted molar refractivity (Wildman–Crippen MR) is 96.4 cm³/mol. The van der Waals surface area contributed by atoms with E-state index in [1.54, 1.807) is 18.2 Å². The summed E-state index contributed by atoms with van der Waals surface area (Å²) in [4.78, 5) is 19.9. The molecule has 0 aliphatic carbocycles. The number of fused-ring (bicyclic) bond motifs is 1. The van der Waals surface area contributed by atoms with Gasteiger partial charge in [0.1, 0.15) is 30.6 Å². The number of aliphatic hydroxyl groups is 1. The van der Waals surface area contributed by atoms with Crippen LogP contribution >= 0.6 is 0 Å². The number of carbonyl (C=O) groups excluding carboxylic acids is 1. The second-order valence-corrected chi connectivity index (χ2v) is 5.96. The lowest BCUT2D eigenvalue weighted by atomic mass is 9.99. The number of hydrogen-bond donors (Lipinski definition) is 2. The van der Waals surface area contributed by atoms with Crippen LogP contribution in [0, 0.1) is 5.82 Å².